The van der Waals surface area contributed by atoms with Crippen molar-refractivity contribution in [2.45, 2.75) is 58.0 Å². The number of carboxylic acid groups (broad SMARTS) is 1. The minimum Gasteiger partial charge on any atom is -0.491 e. The summed E-state index contributed by atoms with van der Waals surface area (Å²) in [6, 6.07) is 6.44. The summed E-state index contributed by atoms with van der Waals surface area (Å²) in [5.74, 6) is 0.321. The van der Waals surface area contributed by atoms with E-state index in [1.54, 1.807) is 6.92 Å². The highest BCUT2D eigenvalue weighted by atomic mass is 16.5. The smallest absolute Gasteiger partial charge is 0.327 e. The largest absolute Gasteiger partial charge is 0.491 e. The van der Waals surface area contributed by atoms with Crippen LogP contribution in [0, 0.1) is 6.92 Å². The summed E-state index contributed by atoms with van der Waals surface area (Å²) in [5.41, 5.74) is 1.18. The molecule has 2 N–H and O–H groups in total. The molecule has 0 aromatic heterocycles. The molecule has 0 heterocycles. The van der Waals surface area contributed by atoms with E-state index >= 15 is 0 Å². The Hall–Kier alpha value is -1.55. The molecule has 1 atom stereocenters. The van der Waals surface area contributed by atoms with Crippen LogP contribution in [0.5, 0.6) is 5.75 Å². The average Bonchev–Trinajstić information content (AvgIpc) is 3.21. The van der Waals surface area contributed by atoms with Gasteiger partial charge in [-0.1, -0.05) is 26.0 Å². The van der Waals surface area contributed by atoms with Crippen molar-refractivity contribution in [1.82, 2.24) is 5.32 Å². The Balaban J connectivity index is 2.09. The maximum absolute atomic E-state index is 11.5. The van der Waals surface area contributed by atoms with Crippen LogP contribution in [0.25, 0.3) is 0 Å². The molecule has 0 aliphatic heterocycles. The van der Waals surface area contributed by atoms with Gasteiger partial charge in [0.05, 0.1) is 0 Å². The molecule has 1 aliphatic rings. The van der Waals surface area contributed by atoms with Gasteiger partial charge in [0.2, 0.25) is 0 Å². The zero-order valence-electron chi connectivity index (χ0n) is 13.3. The standard InChI is InChI=1S/C17H25NO3/c1-11(2)13-6-5-12(3)15(9-13)21-10-17(4,16(19)20)18-14-7-8-14/h5-6,9,11,14,18H,7-8,10H2,1-4H3,(H,19,20). The van der Waals surface area contributed by atoms with Gasteiger partial charge in [0.25, 0.3) is 0 Å². The Morgan fingerprint density at radius 2 is 2.14 bits per heavy atom. The molecule has 4 nitrogen and oxygen atoms in total. The van der Waals surface area contributed by atoms with Gasteiger partial charge in [0, 0.05) is 6.04 Å². The number of carboxylic acids is 1. The van der Waals surface area contributed by atoms with Crippen LogP contribution in [0.2, 0.25) is 0 Å². The van der Waals surface area contributed by atoms with Crippen LogP contribution in [0.3, 0.4) is 0 Å². The van der Waals surface area contributed by atoms with Gasteiger partial charge in [-0.2, -0.15) is 0 Å². The molecule has 0 bridgehead atoms. The molecule has 1 aromatic rings. The molecular formula is C17H25NO3. The third-order valence-electron chi connectivity index (χ3n) is 3.97. The normalized spacial score (nSPS) is 17.6. The SMILES string of the molecule is Cc1ccc(C(C)C)cc1OCC(C)(NC1CC1)C(=O)O. The summed E-state index contributed by atoms with van der Waals surface area (Å²) in [5, 5.41) is 12.6. The second-order valence-electron chi connectivity index (χ2n) is 6.52. The second-order valence-corrected chi connectivity index (χ2v) is 6.52. The third-order valence-corrected chi connectivity index (χ3v) is 3.97. The molecule has 1 saturated carbocycles. The van der Waals surface area contributed by atoms with Crippen molar-refractivity contribution in [3.8, 4) is 5.75 Å². The molecule has 1 fully saturated rings. The second kappa shape index (κ2) is 6.06. The van der Waals surface area contributed by atoms with Crippen LogP contribution < -0.4 is 10.1 Å². The van der Waals surface area contributed by atoms with Crippen LogP contribution in [0.1, 0.15) is 50.7 Å². The van der Waals surface area contributed by atoms with Crippen LogP contribution in [-0.2, 0) is 4.79 Å². The Morgan fingerprint density at radius 1 is 1.48 bits per heavy atom. The van der Waals surface area contributed by atoms with Crippen LogP contribution in [-0.4, -0.2) is 29.3 Å². The van der Waals surface area contributed by atoms with Crippen molar-refractivity contribution in [2.75, 3.05) is 6.61 Å². The van der Waals surface area contributed by atoms with E-state index in [9.17, 15) is 9.90 Å². The molecule has 1 aliphatic carbocycles. The molecule has 116 valence electrons. The van der Waals surface area contributed by atoms with Crippen molar-refractivity contribution >= 4 is 5.97 Å². The minimum absolute atomic E-state index is 0.126. The van der Waals surface area contributed by atoms with E-state index in [0.717, 1.165) is 24.2 Å². The quantitative estimate of drug-likeness (QED) is 0.810. The zero-order valence-corrected chi connectivity index (χ0v) is 13.3. The van der Waals surface area contributed by atoms with Crippen molar-refractivity contribution in [1.29, 1.82) is 0 Å². The summed E-state index contributed by atoms with van der Waals surface area (Å²) in [6.07, 6.45) is 2.09. The Labute approximate surface area is 126 Å². The van der Waals surface area contributed by atoms with E-state index < -0.39 is 11.5 Å². The van der Waals surface area contributed by atoms with E-state index in [1.165, 1.54) is 5.56 Å². The zero-order chi connectivity index (χ0) is 15.6. The van der Waals surface area contributed by atoms with Crippen LogP contribution >= 0.6 is 0 Å². The maximum atomic E-state index is 11.5. The number of carbonyl (C=O) groups is 1. The topological polar surface area (TPSA) is 58.6 Å². The van der Waals surface area contributed by atoms with Crippen molar-refractivity contribution in [3.63, 3.8) is 0 Å². The number of aryl methyl sites for hydroxylation is 1. The number of hydrogen-bond acceptors (Lipinski definition) is 3. The highest BCUT2D eigenvalue weighted by Gasteiger charge is 2.39. The van der Waals surface area contributed by atoms with E-state index in [-0.39, 0.29) is 6.61 Å². The molecule has 1 aromatic carbocycles. The maximum Gasteiger partial charge on any atom is 0.327 e. The molecule has 1 unspecified atom stereocenters. The van der Waals surface area contributed by atoms with Gasteiger partial charge in [0.1, 0.15) is 17.9 Å². The third kappa shape index (κ3) is 3.97. The lowest BCUT2D eigenvalue weighted by atomic mass is 10.0. The predicted molar refractivity (Wildman–Crippen MR) is 83.0 cm³/mol. The van der Waals surface area contributed by atoms with Crippen molar-refractivity contribution in [3.05, 3.63) is 29.3 Å². The monoisotopic (exact) mass is 291 g/mol. The average molecular weight is 291 g/mol. The summed E-state index contributed by atoms with van der Waals surface area (Å²) >= 11 is 0. The van der Waals surface area contributed by atoms with Crippen LogP contribution in [0.4, 0.5) is 0 Å². The van der Waals surface area contributed by atoms with E-state index in [0.29, 0.717) is 12.0 Å². The molecule has 0 amide bonds. The highest BCUT2D eigenvalue weighted by molar-refractivity contribution is 5.78. The fourth-order valence-corrected chi connectivity index (χ4v) is 2.20. The van der Waals surface area contributed by atoms with Gasteiger partial charge in [-0.15, -0.1) is 0 Å². The summed E-state index contributed by atoms with van der Waals surface area (Å²) in [6.45, 7) is 8.05. The molecule has 21 heavy (non-hydrogen) atoms. The van der Waals surface area contributed by atoms with Crippen LogP contribution in [0.15, 0.2) is 18.2 Å². The van der Waals surface area contributed by atoms with Gasteiger partial charge in [0.15, 0.2) is 0 Å². The highest BCUT2D eigenvalue weighted by Crippen LogP contribution is 2.26. The lowest BCUT2D eigenvalue weighted by Crippen LogP contribution is -2.54. The lowest BCUT2D eigenvalue weighted by Gasteiger charge is -2.27. The van der Waals surface area contributed by atoms with Crippen molar-refractivity contribution < 1.29 is 14.6 Å². The number of nitrogens with one attached hydrogen (secondary N) is 1. The van der Waals surface area contributed by atoms with Gasteiger partial charge in [-0.05, 0) is 49.8 Å². The minimum atomic E-state index is -1.04. The first-order valence-electron chi connectivity index (χ1n) is 7.56. The Morgan fingerprint density at radius 3 is 2.67 bits per heavy atom. The molecular weight excluding hydrogens is 266 g/mol. The van der Waals surface area contributed by atoms with Crippen molar-refractivity contribution in [2.24, 2.45) is 0 Å². The number of aliphatic carboxylic acids is 1. The van der Waals surface area contributed by atoms with E-state index in [1.807, 2.05) is 19.1 Å². The summed E-state index contributed by atoms with van der Waals surface area (Å²) in [4.78, 5) is 11.5. The molecule has 2 rings (SSSR count). The molecule has 0 saturated heterocycles. The molecule has 4 heteroatoms. The molecule has 0 radical (unpaired) electrons. The van der Waals surface area contributed by atoms with E-state index in [2.05, 4.69) is 25.2 Å². The number of benzene rings is 1. The number of hydrogen-bond donors (Lipinski definition) is 2. The number of ether oxygens (including phenoxy) is 1. The molecule has 0 spiro atoms. The predicted octanol–water partition coefficient (Wildman–Crippen LogP) is 3.09. The Bertz CT molecular complexity index is 523. The van der Waals surface area contributed by atoms with E-state index in [4.69, 9.17) is 4.74 Å². The Kier molecular flexibility index (Phi) is 4.57. The first-order chi connectivity index (χ1) is 9.82. The number of rotatable bonds is 7. The van der Waals surface area contributed by atoms with Gasteiger partial charge < -0.3 is 9.84 Å². The van der Waals surface area contributed by atoms with Gasteiger partial charge in [-0.25, -0.2) is 0 Å². The summed E-state index contributed by atoms with van der Waals surface area (Å²) < 4.78 is 5.84. The summed E-state index contributed by atoms with van der Waals surface area (Å²) in [7, 11) is 0. The lowest BCUT2D eigenvalue weighted by molar-refractivity contribution is -0.145. The fraction of sp³-hybridized carbons (Fsp3) is 0.588. The fourth-order valence-electron chi connectivity index (χ4n) is 2.20. The first kappa shape index (κ1) is 15.8. The van der Waals surface area contributed by atoms with Gasteiger partial charge in [-0.3, -0.25) is 10.1 Å². The first-order valence-corrected chi connectivity index (χ1v) is 7.56. The van der Waals surface area contributed by atoms with Gasteiger partial charge >= 0.3 is 5.97 Å².